The minimum atomic E-state index is -1.15. The highest BCUT2D eigenvalue weighted by atomic mass is 16.4. The maximum Gasteiger partial charge on any atom is 0.356 e. The number of likely N-dealkylation sites (tertiary alicyclic amines) is 1. The fraction of sp³-hybridized carbons (Fsp3) is 0.455. The number of amides is 1. The molecule has 0 bridgehead atoms. The average Bonchev–Trinajstić information content (AvgIpc) is 2.75. The van der Waals surface area contributed by atoms with E-state index >= 15 is 0 Å². The molecule has 0 radical (unpaired) electrons. The van der Waals surface area contributed by atoms with Gasteiger partial charge in [-0.15, -0.1) is 0 Å². The van der Waals surface area contributed by atoms with Gasteiger partial charge < -0.3 is 10.0 Å². The summed E-state index contributed by atoms with van der Waals surface area (Å²) in [4.78, 5) is 31.8. The Hall–Kier alpha value is -1.98. The van der Waals surface area contributed by atoms with Crippen molar-refractivity contribution < 1.29 is 14.7 Å². The molecular weight excluding hydrogens is 222 g/mol. The molecule has 1 atom stereocenters. The minimum absolute atomic E-state index is 0.156. The number of carboxylic acid groups (broad SMARTS) is 1. The molecular formula is C11H13N3O3. The lowest BCUT2D eigenvalue weighted by atomic mass is 10.2. The van der Waals surface area contributed by atoms with Crippen molar-refractivity contribution in [2.75, 3.05) is 13.1 Å². The first-order valence-electron chi connectivity index (χ1n) is 5.42. The molecule has 1 amide bonds. The molecule has 0 aliphatic carbocycles. The van der Waals surface area contributed by atoms with Gasteiger partial charge in [0.25, 0.3) is 5.91 Å². The molecule has 0 aromatic carbocycles. The van der Waals surface area contributed by atoms with Crippen LogP contribution in [0.15, 0.2) is 12.4 Å². The highest BCUT2D eigenvalue weighted by Crippen LogP contribution is 2.16. The fourth-order valence-electron chi connectivity index (χ4n) is 1.83. The molecule has 1 N–H and O–H groups in total. The predicted octanol–water partition coefficient (Wildman–Crippen LogP) is 0.657. The third kappa shape index (κ3) is 2.41. The van der Waals surface area contributed by atoms with E-state index in [1.165, 1.54) is 6.20 Å². The normalized spacial score (nSPS) is 19.4. The van der Waals surface area contributed by atoms with Crippen molar-refractivity contribution in [3.63, 3.8) is 0 Å². The first kappa shape index (κ1) is 11.5. The molecule has 90 valence electrons. The Kier molecular flexibility index (Phi) is 3.03. The van der Waals surface area contributed by atoms with Crippen LogP contribution in [0.3, 0.4) is 0 Å². The quantitative estimate of drug-likeness (QED) is 0.814. The molecule has 1 saturated heterocycles. The molecule has 0 spiro atoms. The Morgan fingerprint density at radius 1 is 1.35 bits per heavy atom. The summed E-state index contributed by atoms with van der Waals surface area (Å²) >= 11 is 0. The highest BCUT2D eigenvalue weighted by molar-refractivity contribution is 5.92. The third-order valence-corrected chi connectivity index (χ3v) is 2.80. The summed E-state index contributed by atoms with van der Waals surface area (Å²) in [5, 5.41) is 8.66. The van der Waals surface area contributed by atoms with E-state index in [1.807, 2.05) is 0 Å². The zero-order chi connectivity index (χ0) is 12.4. The van der Waals surface area contributed by atoms with Crippen molar-refractivity contribution in [3.8, 4) is 0 Å². The summed E-state index contributed by atoms with van der Waals surface area (Å²) in [5.41, 5.74) is 0.0421. The van der Waals surface area contributed by atoms with Crippen LogP contribution in [0.4, 0.5) is 0 Å². The van der Waals surface area contributed by atoms with Crippen LogP contribution in [0.1, 0.15) is 34.3 Å². The van der Waals surface area contributed by atoms with Gasteiger partial charge in [0.2, 0.25) is 0 Å². The number of hydrogen-bond acceptors (Lipinski definition) is 4. The first-order valence-corrected chi connectivity index (χ1v) is 5.42. The minimum Gasteiger partial charge on any atom is -0.476 e. The summed E-state index contributed by atoms with van der Waals surface area (Å²) < 4.78 is 0. The van der Waals surface area contributed by atoms with Crippen molar-refractivity contribution in [3.05, 3.63) is 23.8 Å². The second kappa shape index (κ2) is 4.48. The van der Waals surface area contributed by atoms with Crippen LogP contribution in [-0.4, -0.2) is 44.9 Å². The summed E-state index contributed by atoms with van der Waals surface area (Å²) in [5.74, 6) is -0.824. The molecule has 2 rings (SSSR count). The Bertz CT molecular complexity index is 444. The lowest BCUT2D eigenvalue weighted by molar-refractivity contribution is 0.0687. The molecule has 1 aliphatic heterocycles. The van der Waals surface area contributed by atoms with Crippen LogP contribution < -0.4 is 0 Å². The number of carboxylic acids is 1. The summed E-state index contributed by atoms with van der Waals surface area (Å²) in [7, 11) is 0. The maximum atomic E-state index is 11.9. The molecule has 17 heavy (non-hydrogen) atoms. The molecule has 1 aliphatic rings. The summed E-state index contributed by atoms with van der Waals surface area (Å²) in [6, 6.07) is 0. The SMILES string of the molecule is CC1CCN(C(=O)c2cnc(C(=O)O)cn2)C1. The smallest absolute Gasteiger partial charge is 0.356 e. The lowest BCUT2D eigenvalue weighted by Crippen LogP contribution is -2.29. The zero-order valence-corrected chi connectivity index (χ0v) is 9.46. The Morgan fingerprint density at radius 2 is 2.00 bits per heavy atom. The van der Waals surface area contributed by atoms with Gasteiger partial charge in [0.05, 0.1) is 12.4 Å². The Labute approximate surface area is 98.3 Å². The van der Waals surface area contributed by atoms with Gasteiger partial charge in [0.1, 0.15) is 5.69 Å². The highest BCUT2D eigenvalue weighted by Gasteiger charge is 2.25. The van der Waals surface area contributed by atoms with Gasteiger partial charge in [-0.2, -0.15) is 0 Å². The predicted molar refractivity (Wildman–Crippen MR) is 58.7 cm³/mol. The van der Waals surface area contributed by atoms with E-state index in [-0.39, 0.29) is 17.3 Å². The van der Waals surface area contributed by atoms with Gasteiger partial charge in [0, 0.05) is 13.1 Å². The molecule has 0 saturated carbocycles. The van der Waals surface area contributed by atoms with Gasteiger partial charge in [-0.05, 0) is 12.3 Å². The number of hydrogen-bond donors (Lipinski definition) is 1. The topological polar surface area (TPSA) is 83.4 Å². The first-order chi connectivity index (χ1) is 8.08. The van der Waals surface area contributed by atoms with Crippen molar-refractivity contribution in [2.24, 2.45) is 5.92 Å². The second-order valence-electron chi connectivity index (χ2n) is 4.24. The maximum absolute atomic E-state index is 11.9. The van der Waals surface area contributed by atoms with Crippen LogP contribution in [0.25, 0.3) is 0 Å². The number of aromatic nitrogens is 2. The summed E-state index contributed by atoms with van der Waals surface area (Å²) in [6.07, 6.45) is 3.32. The van der Waals surface area contributed by atoms with Crippen molar-refractivity contribution in [2.45, 2.75) is 13.3 Å². The zero-order valence-electron chi connectivity index (χ0n) is 9.46. The van der Waals surface area contributed by atoms with Crippen molar-refractivity contribution in [1.29, 1.82) is 0 Å². The number of carbonyl (C=O) groups is 2. The molecule has 1 aromatic rings. The van der Waals surface area contributed by atoms with Crippen LogP contribution in [0.5, 0.6) is 0 Å². The van der Waals surface area contributed by atoms with Gasteiger partial charge in [0.15, 0.2) is 5.69 Å². The molecule has 6 nitrogen and oxygen atoms in total. The van der Waals surface area contributed by atoms with E-state index in [4.69, 9.17) is 5.11 Å². The molecule has 1 fully saturated rings. The number of nitrogens with zero attached hydrogens (tertiary/aromatic N) is 3. The molecule has 1 aromatic heterocycles. The molecule has 6 heteroatoms. The van der Waals surface area contributed by atoms with E-state index in [1.54, 1.807) is 4.90 Å². The van der Waals surface area contributed by atoms with Crippen LogP contribution >= 0.6 is 0 Å². The molecule has 2 heterocycles. The van der Waals surface area contributed by atoms with Gasteiger partial charge in [-0.1, -0.05) is 6.92 Å². The number of carbonyl (C=O) groups excluding carboxylic acids is 1. The van der Waals surface area contributed by atoms with E-state index < -0.39 is 5.97 Å². The Balaban J connectivity index is 2.12. The Morgan fingerprint density at radius 3 is 2.47 bits per heavy atom. The number of aromatic carboxylic acids is 1. The second-order valence-corrected chi connectivity index (χ2v) is 4.24. The van der Waals surface area contributed by atoms with Crippen LogP contribution in [0, 0.1) is 5.92 Å². The van der Waals surface area contributed by atoms with Crippen LogP contribution in [0.2, 0.25) is 0 Å². The fourth-order valence-corrected chi connectivity index (χ4v) is 1.83. The lowest BCUT2D eigenvalue weighted by Gasteiger charge is -2.14. The van der Waals surface area contributed by atoms with Crippen molar-refractivity contribution >= 4 is 11.9 Å². The van der Waals surface area contributed by atoms with E-state index in [0.29, 0.717) is 5.92 Å². The van der Waals surface area contributed by atoms with Gasteiger partial charge in [-0.3, -0.25) is 4.79 Å². The van der Waals surface area contributed by atoms with Crippen LogP contribution in [-0.2, 0) is 0 Å². The van der Waals surface area contributed by atoms with E-state index in [9.17, 15) is 9.59 Å². The van der Waals surface area contributed by atoms with E-state index in [0.717, 1.165) is 25.7 Å². The summed E-state index contributed by atoms with van der Waals surface area (Å²) in [6.45, 7) is 3.54. The van der Waals surface area contributed by atoms with E-state index in [2.05, 4.69) is 16.9 Å². The number of rotatable bonds is 2. The third-order valence-electron chi connectivity index (χ3n) is 2.80. The van der Waals surface area contributed by atoms with Crippen molar-refractivity contribution in [1.82, 2.24) is 14.9 Å². The van der Waals surface area contributed by atoms with Gasteiger partial charge in [-0.25, -0.2) is 14.8 Å². The standard InChI is InChI=1S/C11H13N3O3/c1-7-2-3-14(6-7)10(15)8-4-13-9(5-12-8)11(16)17/h4-5,7H,2-3,6H2,1H3,(H,16,17). The van der Waals surface area contributed by atoms with Gasteiger partial charge >= 0.3 is 5.97 Å². The largest absolute Gasteiger partial charge is 0.476 e. The average molecular weight is 235 g/mol. The monoisotopic (exact) mass is 235 g/mol. The molecule has 1 unspecified atom stereocenters.